The molecular weight excluding hydrogens is 599 g/mol. The average molecular weight is 642 g/mol. The van der Waals surface area contributed by atoms with Gasteiger partial charge in [0.1, 0.15) is 0 Å². The third-order valence-corrected chi connectivity index (χ3v) is 18.7. The SMILES string of the molecule is CCCc1ccc(-c2cccc3c2C=C(C)[CH]3[Ti+2]2([CH]3C(C)=Cc4c(-c5ccc(CCC)cc5)cccc43)[CH2][CH2]2)cc1.[Cl-].[Cl-]. The maximum Gasteiger partial charge on any atom is -1.00 e. The molecule has 4 aromatic rings. The zero-order chi connectivity index (χ0) is 28.1. The standard InChI is InChI=1S/2C19H19.C2H4.2ClH.Ti/c2*1-3-5-15-8-10-16(11-9-15)18-7-4-6-17-12-14(2)13-19(17)18;1-2;;;/h2*4,6-13H,3,5H2,1-2H3;1-2H2;2*1H;/q;;;;;+2/p-2. The molecule has 1 fully saturated rings. The number of fused-ring (bicyclic) bond motifs is 2. The number of rotatable bonds is 8. The van der Waals surface area contributed by atoms with Crippen LogP contribution in [-0.4, -0.2) is 0 Å². The van der Waals surface area contributed by atoms with Gasteiger partial charge in [-0.15, -0.1) is 0 Å². The molecule has 0 amide bonds. The minimum Gasteiger partial charge on any atom is -1.00 e. The predicted octanol–water partition coefficient (Wildman–Crippen LogP) is 5.55. The van der Waals surface area contributed by atoms with Gasteiger partial charge >= 0.3 is 252 Å². The van der Waals surface area contributed by atoms with Crippen molar-refractivity contribution in [3.63, 3.8) is 0 Å². The third kappa shape index (κ3) is 5.55. The van der Waals surface area contributed by atoms with Crippen molar-refractivity contribution in [3.8, 4) is 22.3 Å². The van der Waals surface area contributed by atoms with Crippen LogP contribution in [0.15, 0.2) is 96.1 Å². The summed E-state index contributed by atoms with van der Waals surface area (Å²) in [6.07, 6.45) is 9.83. The van der Waals surface area contributed by atoms with Crippen molar-refractivity contribution in [2.24, 2.45) is 0 Å². The summed E-state index contributed by atoms with van der Waals surface area (Å²) >= 11 is -2.31. The zero-order valence-corrected chi connectivity index (χ0v) is 29.0. The summed E-state index contributed by atoms with van der Waals surface area (Å²) in [6, 6.07) is 33.0. The van der Waals surface area contributed by atoms with Crippen LogP contribution in [-0.2, 0) is 29.4 Å². The zero-order valence-electron chi connectivity index (χ0n) is 25.9. The van der Waals surface area contributed by atoms with E-state index in [1.54, 1.807) is 22.3 Å². The Bertz CT molecular complexity index is 1550. The van der Waals surface area contributed by atoms with E-state index in [1.807, 2.05) is 0 Å². The molecule has 3 aliphatic rings. The van der Waals surface area contributed by atoms with E-state index in [4.69, 9.17) is 0 Å². The molecule has 0 aromatic heterocycles. The van der Waals surface area contributed by atoms with Gasteiger partial charge in [0.05, 0.1) is 0 Å². The molecule has 3 heteroatoms. The van der Waals surface area contributed by atoms with E-state index < -0.39 is 16.6 Å². The first-order valence-corrected chi connectivity index (χ1v) is 19.9. The molecule has 0 bridgehead atoms. The monoisotopic (exact) mass is 640 g/mol. The number of hydrogen-bond acceptors (Lipinski definition) is 0. The fourth-order valence-corrected chi connectivity index (χ4v) is 18.7. The molecule has 0 spiro atoms. The Kier molecular flexibility index (Phi) is 9.65. The van der Waals surface area contributed by atoms with Crippen molar-refractivity contribution >= 4 is 12.2 Å². The summed E-state index contributed by atoms with van der Waals surface area (Å²) in [5.41, 5.74) is 17.9. The maximum atomic E-state index is 2.56. The molecule has 7 rings (SSSR count). The summed E-state index contributed by atoms with van der Waals surface area (Å²) in [5, 5.41) is 0. The van der Waals surface area contributed by atoms with Crippen LogP contribution in [0.3, 0.4) is 0 Å². The Morgan fingerprint density at radius 2 is 0.953 bits per heavy atom. The van der Waals surface area contributed by atoms with E-state index in [9.17, 15) is 0 Å². The molecular formula is C40H42Cl2Ti. The summed E-state index contributed by atoms with van der Waals surface area (Å²) in [6.45, 7) is 9.40. The average Bonchev–Trinajstić information content (AvgIpc) is 3.56. The van der Waals surface area contributed by atoms with Gasteiger partial charge in [0.15, 0.2) is 0 Å². The van der Waals surface area contributed by atoms with Crippen LogP contribution in [0.4, 0.5) is 0 Å². The Morgan fingerprint density at radius 3 is 1.30 bits per heavy atom. The number of aryl methyl sites for hydroxylation is 2. The minimum atomic E-state index is -2.31. The van der Waals surface area contributed by atoms with Crippen molar-refractivity contribution in [2.45, 2.75) is 71.3 Å². The summed E-state index contributed by atoms with van der Waals surface area (Å²) in [7, 11) is 0. The Balaban J connectivity index is 0.00000184. The molecule has 2 aliphatic carbocycles. The van der Waals surface area contributed by atoms with Crippen molar-refractivity contribution in [1.29, 1.82) is 0 Å². The van der Waals surface area contributed by atoms with Gasteiger partial charge in [-0.05, 0) is 0 Å². The molecule has 2 unspecified atom stereocenters. The number of halogens is 2. The van der Waals surface area contributed by atoms with Crippen LogP contribution in [0.5, 0.6) is 0 Å². The first kappa shape index (κ1) is 32.1. The molecule has 0 nitrogen and oxygen atoms in total. The van der Waals surface area contributed by atoms with Gasteiger partial charge in [0.25, 0.3) is 0 Å². The maximum absolute atomic E-state index is 2.56. The molecule has 220 valence electrons. The molecule has 4 aromatic carbocycles. The first-order valence-electron chi connectivity index (χ1n) is 15.8. The van der Waals surface area contributed by atoms with Crippen molar-refractivity contribution in [1.82, 2.24) is 0 Å². The molecule has 2 atom stereocenters. The van der Waals surface area contributed by atoms with E-state index in [1.165, 1.54) is 66.8 Å². The molecule has 1 heterocycles. The van der Waals surface area contributed by atoms with Gasteiger partial charge in [-0.1, -0.05) is 0 Å². The van der Waals surface area contributed by atoms with Crippen LogP contribution in [0.25, 0.3) is 34.4 Å². The fourth-order valence-electron chi connectivity index (χ4n) is 8.30. The fraction of sp³-hybridized carbons (Fsp3) is 0.300. The molecule has 0 N–H and O–H groups in total. The second-order valence-corrected chi connectivity index (χ2v) is 20.1. The molecule has 1 saturated heterocycles. The minimum absolute atomic E-state index is 0. The molecule has 0 saturated carbocycles. The number of benzene rings is 4. The summed E-state index contributed by atoms with van der Waals surface area (Å²) in [4.78, 5) is 0. The van der Waals surface area contributed by atoms with Gasteiger partial charge in [0, 0.05) is 0 Å². The van der Waals surface area contributed by atoms with Crippen LogP contribution >= 0.6 is 0 Å². The molecule has 43 heavy (non-hydrogen) atoms. The topological polar surface area (TPSA) is 0 Å². The molecule has 0 radical (unpaired) electrons. The van der Waals surface area contributed by atoms with E-state index in [2.05, 4.69) is 125 Å². The van der Waals surface area contributed by atoms with Crippen molar-refractivity contribution < 1.29 is 41.4 Å². The Hall–Kier alpha value is -2.35. The second kappa shape index (κ2) is 12.9. The smallest absolute Gasteiger partial charge is 1.00 e. The van der Waals surface area contributed by atoms with Crippen molar-refractivity contribution in [3.05, 3.63) is 129 Å². The van der Waals surface area contributed by atoms with Gasteiger partial charge in [-0.3, -0.25) is 0 Å². The van der Waals surface area contributed by atoms with Crippen LogP contribution in [0.2, 0.25) is 9.45 Å². The summed E-state index contributed by atoms with van der Waals surface area (Å²) in [5.74, 6) is 0. The summed E-state index contributed by atoms with van der Waals surface area (Å²) < 4.78 is 4.30. The Labute approximate surface area is 274 Å². The van der Waals surface area contributed by atoms with Crippen molar-refractivity contribution in [2.75, 3.05) is 0 Å². The van der Waals surface area contributed by atoms with Gasteiger partial charge in [-0.2, -0.15) is 0 Å². The quantitative estimate of drug-likeness (QED) is 0.222. The van der Waals surface area contributed by atoms with Crippen LogP contribution in [0.1, 0.15) is 82.4 Å². The van der Waals surface area contributed by atoms with E-state index in [0.717, 1.165) is 12.8 Å². The van der Waals surface area contributed by atoms with Gasteiger partial charge in [0.2, 0.25) is 0 Å². The van der Waals surface area contributed by atoms with Gasteiger partial charge in [-0.25, -0.2) is 0 Å². The van der Waals surface area contributed by atoms with E-state index >= 15 is 0 Å². The first-order chi connectivity index (χ1) is 20.0. The predicted molar refractivity (Wildman–Crippen MR) is 174 cm³/mol. The van der Waals surface area contributed by atoms with Gasteiger partial charge < -0.3 is 24.8 Å². The Morgan fingerprint density at radius 1 is 0.558 bits per heavy atom. The normalized spacial score (nSPS) is 18.2. The third-order valence-electron chi connectivity index (χ3n) is 10.1. The van der Waals surface area contributed by atoms with E-state index in [0.29, 0.717) is 8.45 Å². The number of hydrogen-bond donors (Lipinski definition) is 0. The largest absolute Gasteiger partial charge is 1.00 e. The number of allylic oxidation sites excluding steroid dienone is 2. The second-order valence-electron chi connectivity index (χ2n) is 12.9. The van der Waals surface area contributed by atoms with Crippen LogP contribution in [0, 0.1) is 0 Å². The van der Waals surface area contributed by atoms with Crippen LogP contribution < -0.4 is 24.8 Å². The molecule has 1 aliphatic heterocycles. The van der Waals surface area contributed by atoms with E-state index in [-0.39, 0.29) is 24.8 Å².